The minimum absolute atomic E-state index is 0.0245. The van der Waals surface area contributed by atoms with E-state index in [1.807, 2.05) is 0 Å². The highest BCUT2D eigenvalue weighted by Crippen LogP contribution is 2.34. The number of halogens is 2. The van der Waals surface area contributed by atoms with Crippen molar-refractivity contribution in [3.05, 3.63) is 27.7 Å². The van der Waals surface area contributed by atoms with Gasteiger partial charge in [0.1, 0.15) is 4.90 Å². The molecule has 1 aromatic rings. The SMILES string of the molecule is O=S(=O)(c1ccc(Br)cc1Cl)N1CCOC2CCCCC21. The lowest BCUT2D eigenvalue weighted by molar-refractivity contribution is -0.0586. The first-order valence-corrected chi connectivity index (χ1v) is 9.70. The molecule has 0 amide bonds. The Morgan fingerprint density at radius 3 is 2.81 bits per heavy atom. The van der Waals surface area contributed by atoms with Gasteiger partial charge < -0.3 is 4.74 Å². The zero-order chi connectivity index (χ0) is 15.0. The van der Waals surface area contributed by atoms with Gasteiger partial charge in [-0.1, -0.05) is 40.4 Å². The van der Waals surface area contributed by atoms with Crippen LogP contribution in [0.3, 0.4) is 0 Å². The third-order valence-electron chi connectivity index (χ3n) is 4.16. The molecule has 1 saturated heterocycles. The van der Waals surface area contributed by atoms with Gasteiger partial charge in [0.25, 0.3) is 0 Å². The topological polar surface area (TPSA) is 46.6 Å². The molecule has 0 aromatic heterocycles. The molecule has 116 valence electrons. The van der Waals surface area contributed by atoms with E-state index in [0.29, 0.717) is 13.2 Å². The van der Waals surface area contributed by atoms with Crippen molar-refractivity contribution in [3.63, 3.8) is 0 Å². The zero-order valence-electron chi connectivity index (χ0n) is 11.5. The molecular weight excluding hydrogens is 378 g/mol. The molecule has 2 unspecified atom stereocenters. The fraction of sp³-hybridized carbons (Fsp3) is 0.571. The monoisotopic (exact) mass is 393 g/mol. The highest BCUT2D eigenvalue weighted by atomic mass is 79.9. The van der Waals surface area contributed by atoms with Crippen LogP contribution in [0.4, 0.5) is 0 Å². The highest BCUT2D eigenvalue weighted by Gasteiger charge is 2.41. The van der Waals surface area contributed by atoms with Crippen molar-refractivity contribution in [2.24, 2.45) is 0 Å². The molecule has 0 bridgehead atoms. The van der Waals surface area contributed by atoms with E-state index in [-0.39, 0.29) is 22.1 Å². The third kappa shape index (κ3) is 3.01. The second-order valence-electron chi connectivity index (χ2n) is 5.45. The van der Waals surface area contributed by atoms with Gasteiger partial charge in [-0.15, -0.1) is 0 Å². The van der Waals surface area contributed by atoms with Gasteiger partial charge in [0.2, 0.25) is 10.0 Å². The first-order valence-electron chi connectivity index (χ1n) is 7.08. The lowest BCUT2D eigenvalue weighted by atomic mass is 9.91. The Hall–Kier alpha value is -0.140. The van der Waals surface area contributed by atoms with E-state index >= 15 is 0 Å². The summed E-state index contributed by atoms with van der Waals surface area (Å²) in [7, 11) is -3.58. The Balaban J connectivity index is 1.96. The van der Waals surface area contributed by atoms with E-state index in [1.54, 1.807) is 22.5 Å². The molecule has 2 fully saturated rings. The van der Waals surface area contributed by atoms with E-state index in [9.17, 15) is 8.42 Å². The van der Waals surface area contributed by atoms with Crippen molar-refractivity contribution in [2.45, 2.75) is 42.7 Å². The van der Waals surface area contributed by atoms with Crippen molar-refractivity contribution in [2.75, 3.05) is 13.2 Å². The number of hydrogen-bond acceptors (Lipinski definition) is 3. The van der Waals surface area contributed by atoms with Crippen LogP contribution >= 0.6 is 27.5 Å². The maximum Gasteiger partial charge on any atom is 0.244 e. The van der Waals surface area contributed by atoms with Gasteiger partial charge in [0.05, 0.1) is 23.8 Å². The third-order valence-corrected chi connectivity index (χ3v) is 7.06. The molecule has 7 heteroatoms. The molecule has 2 atom stereocenters. The second kappa shape index (κ2) is 6.16. The van der Waals surface area contributed by atoms with E-state index in [2.05, 4.69) is 15.9 Å². The van der Waals surface area contributed by atoms with Crippen LogP contribution in [0.25, 0.3) is 0 Å². The molecule has 1 aliphatic heterocycles. The largest absolute Gasteiger partial charge is 0.375 e. The Morgan fingerprint density at radius 2 is 2.05 bits per heavy atom. The van der Waals surface area contributed by atoms with Crippen molar-refractivity contribution in [3.8, 4) is 0 Å². The van der Waals surface area contributed by atoms with Crippen LogP contribution in [-0.4, -0.2) is 38.0 Å². The summed E-state index contributed by atoms with van der Waals surface area (Å²) in [5, 5.41) is 0.253. The van der Waals surface area contributed by atoms with E-state index in [0.717, 1.165) is 30.2 Å². The van der Waals surface area contributed by atoms with Crippen molar-refractivity contribution in [1.29, 1.82) is 0 Å². The lowest BCUT2D eigenvalue weighted by Gasteiger charge is -2.42. The normalized spacial score (nSPS) is 27.3. The fourth-order valence-corrected chi connectivity index (χ4v) is 5.85. The van der Waals surface area contributed by atoms with Crippen LogP contribution in [0.5, 0.6) is 0 Å². The lowest BCUT2D eigenvalue weighted by Crippen LogP contribution is -2.54. The predicted molar refractivity (Wildman–Crippen MR) is 85.0 cm³/mol. The molecule has 21 heavy (non-hydrogen) atoms. The molecule has 4 nitrogen and oxygen atoms in total. The van der Waals surface area contributed by atoms with Gasteiger partial charge in [0.15, 0.2) is 0 Å². The Kier molecular flexibility index (Phi) is 4.62. The number of benzene rings is 1. The van der Waals surface area contributed by atoms with Crippen LogP contribution in [-0.2, 0) is 14.8 Å². The molecule has 0 radical (unpaired) electrons. The minimum atomic E-state index is -3.58. The van der Waals surface area contributed by atoms with Crippen LogP contribution in [0, 0.1) is 0 Å². The van der Waals surface area contributed by atoms with Crippen molar-refractivity contribution >= 4 is 37.6 Å². The van der Waals surface area contributed by atoms with Gasteiger partial charge in [-0.05, 0) is 31.0 Å². The maximum atomic E-state index is 12.9. The standard InChI is InChI=1S/C14H17BrClNO3S/c15-10-5-6-14(11(16)9-10)21(18,19)17-7-8-20-13-4-2-1-3-12(13)17/h5-6,9,12-13H,1-4,7-8H2. The Labute approximate surface area is 138 Å². The first-order chi connectivity index (χ1) is 10.00. The summed E-state index contributed by atoms with van der Waals surface area (Å²) in [4.78, 5) is 0.179. The second-order valence-corrected chi connectivity index (χ2v) is 8.63. The summed E-state index contributed by atoms with van der Waals surface area (Å²) in [6.07, 6.45) is 3.97. The first kappa shape index (κ1) is 15.7. The zero-order valence-corrected chi connectivity index (χ0v) is 14.6. The quantitative estimate of drug-likeness (QED) is 0.772. The van der Waals surface area contributed by atoms with E-state index in [1.165, 1.54) is 0 Å². The summed E-state index contributed by atoms with van der Waals surface area (Å²) >= 11 is 9.44. The Morgan fingerprint density at radius 1 is 1.29 bits per heavy atom. The average Bonchev–Trinajstić information content (AvgIpc) is 2.46. The molecule has 3 rings (SSSR count). The molecular formula is C14H17BrClNO3S. The van der Waals surface area contributed by atoms with Gasteiger partial charge >= 0.3 is 0 Å². The summed E-state index contributed by atoms with van der Waals surface area (Å²) < 4.78 is 34.0. The fourth-order valence-electron chi connectivity index (χ4n) is 3.17. The van der Waals surface area contributed by atoms with Gasteiger partial charge in [-0.2, -0.15) is 4.31 Å². The smallest absolute Gasteiger partial charge is 0.244 e. The molecule has 0 N–H and O–H groups in total. The summed E-state index contributed by atoms with van der Waals surface area (Å²) in [5.41, 5.74) is 0. The van der Waals surface area contributed by atoms with E-state index in [4.69, 9.17) is 16.3 Å². The van der Waals surface area contributed by atoms with Gasteiger partial charge in [0, 0.05) is 11.0 Å². The van der Waals surface area contributed by atoms with Gasteiger partial charge in [-0.25, -0.2) is 8.42 Å². The molecule has 2 aliphatic rings. The van der Waals surface area contributed by atoms with Crippen molar-refractivity contribution < 1.29 is 13.2 Å². The number of rotatable bonds is 2. The molecule has 1 saturated carbocycles. The highest BCUT2D eigenvalue weighted by molar-refractivity contribution is 9.10. The predicted octanol–water partition coefficient (Wildman–Crippen LogP) is 3.43. The van der Waals surface area contributed by atoms with Crippen LogP contribution in [0.2, 0.25) is 5.02 Å². The van der Waals surface area contributed by atoms with Gasteiger partial charge in [-0.3, -0.25) is 0 Å². The summed E-state index contributed by atoms with van der Waals surface area (Å²) in [6.45, 7) is 0.852. The molecule has 0 spiro atoms. The number of sulfonamides is 1. The summed E-state index contributed by atoms with van der Waals surface area (Å²) in [5.74, 6) is 0. The van der Waals surface area contributed by atoms with Crippen LogP contribution in [0.1, 0.15) is 25.7 Å². The number of nitrogens with zero attached hydrogens (tertiary/aromatic N) is 1. The average molecular weight is 395 g/mol. The molecule has 1 aliphatic carbocycles. The van der Waals surface area contributed by atoms with Crippen LogP contribution < -0.4 is 0 Å². The van der Waals surface area contributed by atoms with Crippen molar-refractivity contribution in [1.82, 2.24) is 4.31 Å². The maximum absolute atomic E-state index is 12.9. The number of ether oxygens (including phenoxy) is 1. The minimum Gasteiger partial charge on any atom is -0.375 e. The van der Waals surface area contributed by atoms with E-state index < -0.39 is 10.0 Å². The number of morpholine rings is 1. The van der Waals surface area contributed by atoms with Crippen LogP contribution in [0.15, 0.2) is 27.6 Å². The molecule has 1 aromatic carbocycles. The number of fused-ring (bicyclic) bond motifs is 1. The summed E-state index contributed by atoms with van der Waals surface area (Å²) in [6, 6.07) is 4.83. The number of hydrogen-bond donors (Lipinski definition) is 0. The Bertz CT molecular complexity index is 635. The molecule has 1 heterocycles.